The van der Waals surface area contributed by atoms with E-state index in [0.29, 0.717) is 0 Å². The van der Waals surface area contributed by atoms with Crippen LogP contribution in [0.3, 0.4) is 0 Å². The second-order valence-corrected chi connectivity index (χ2v) is 2.12. The lowest BCUT2D eigenvalue weighted by Crippen LogP contribution is -1.82. The quantitative estimate of drug-likeness (QED) is 0.525. The van der Waals surface area contributed by atoms with Crippen molar-refractivity contribution in [2.24, 2.45) is 0 Å². The molecule has 0 saturated carbocycles. The molecule has 0 fully saturated rings. The maximum atomic E-state index is 4.67. The van der Waals surface area contributed by atoms with Crippen LogP contribution in [-0.4, -0.2) is 15.3 Å². The van der Waals surface area contributed by atoms with Crippen molar-refractivity contribution in [3.63, 3.8) is 0 Å². The highest BCUT2D eigenvalue weighted by Gasteiger charge is 1.93. The number of hydrogen-bond donors (Lipinski definition) is 1. The van der Waals surface area contributed by atoms with E-state index in [0.717, 1.165) is 17.9 Å². The molecule has 2 nitrogen and oxygen atoms in total. The third kappa shape index (κ3) is 1.51. The molecular weight excluding hydrogens is 144 g/mol. The third-order valence-corrected chi connectivity index (χ3v) is 1.34. The van der Waals surface area contributed by atoms with Crippen molar-refractivity contribution < 1.29 is 0 Å². The van der Waals surface area contributed by atoms with Crippen molar-refractivity contribution in [1.29, 1.82) is 0 Å². The average molecular weight is 152 g/mol. The minimum atomic E-state index is 0.742. The number of aromatic amines is 1. The van der Waals surface area contributed by atoms with Crippen LogP contribution in [-0.2, 0) is 6.42 Å². The van der Waals surface area contributed by atoms with Crippen LogP contribution in [0.15, 0.2) is 18.9 Å². The number of allylic oxidation sites excluding steroid dienone is 1. The molecule has 1 aromatic heterocycles. The van der Waals surface area contributed by atoms with Gasteiger partial charge in [-0.05, 0) is 0 Å². The van der Waals surface area contributed by atoms with Crippen molar-refractivity contribution in [1.82, 2.24) is 9.97 Å². The van der Waals surface area contributed by atoms with Gasteiger partial charge in [0.05, 0.1) is 5.69 Å². The Hall–Kier alpha value is -0.960. The molecule has 1 N–H and O–H groups in total. The molecule has 0 atom stereocenters. The summed E-state index contributed by atoms with van der Waals surface area (Å²) in [6.07, 6.45) is 4.43. The summed E-state index contributed by atoms with van der Waals surface area (Å²) < 4.78 is 0. The first-order chi connectivity index (χ1) is 4.86. The van der Waals surface area contributed by atoms with Gasteiger partial charge in [-0.1, -0.05) is 18.3 Å². The van der Waals surface area contributed by atoms with Gasteiger partial charge in [0.2, 0.25) is 0 Å². The van der Waals surface area contributed by atoms with Gasteiger partial charge in [0.15, 0.2) is 0 Å². The highest BCUT2D eigenvalue weighted by molar-refractivity contribution is 7.79. The lowest BCUT2D eigenvalue weighted by atomic mass is 10.3. The van der Waals surface area contributed by atoms with E-state index < -0.39 is 0 Å². The van der Waals surface area contributed by atoms with Gasteiger partial charge < -0.3 is 4.98 Å². The van der Waals surface area contributed by atoms with E-state index in [1.807, 2.05) is 12.3 Å². The number of nitrogens with zero attached hydrogens (tertiary/aromatic N) is 1. The number of hydrogen-bond acceptors (Lipinski definition) is 2. The minimum Gasteiger partial charge on any atom is -0.344 e. The SMILES string of the molecule is C=CCc1c[nH]c(C=S)n1. The van der Waals surface area contributed by atoms with Crippen LogP contribution in [0.4, 0.5) is 0 Å². The first kappa shape index (κ1) is 7.15. The van der Waals surface area contributed by atoms with E-state index >= 15 is 0 Å². The van der Waals surface area contributed by atoms with Crippen molar-refractivity contribution in [2.75, 3.05) is 0 Å². The monoisotopic (exact) mass is 152 g/mol. The van der Waals surface area contributed by atoms with Crippen molar-refractivity contribution in [3.8, 4) is 0 Å². The number of aromatic nitrogens is 2. The summed E-state index contributed by atoms with van der Waals surface area (Å²) in [5.41, 5.74) is 0.978. The summed E-state index contributed by atoms with van der Waals surface area (Å²) in [4.78, 5) is 7.05. The van der Waals surface area contributed by atoms with Crippen molar-refractivity contribution >= 4 is 17.6 Å². The molecule has 0 amide bonds. The van der Waals surface area contributed by atoms with Gasteiger partial charge in [0.25, 0.3) is 0 Å². The van der Waals surface area contributed by atoms with Gasteiger partial charge in [-0.15, -0.1) is 6.58 Å². The van der Waals surface area contributed by atoms with Crippen molar-refractivity contribution in [3.05, 3.63) is 30.4 Å². The van der Waals surface area contributed by atoms with Gasteiger partial charge >= 0.3 is 0 Å². The Morgan fingerprint density at radius 1 is 1.80 bits per heavy atom. The van der Waals surface area contributed by atoms with Gasteiger partial charge in [0.1, 0.15) is 5.82 Å². The molecule has 0 radical (unpaired) electrons. The van der Waals surface area contributed by atoms with Crippen LogP contribution >= 0.6 is 12.2 Å². The Balaban J connectivity index is 2.77. The van der Waals surface area contributed by atoms with Crippen molar-refractivity contribution in [2.45, 2.75) is 6.42 Å². The number of nitrogens with one attached hydrogen (secondary N) is 1. The molecule has 0 bridgehead atoms. The molecule has 0 aliphatic heterocycles. The lowest BCUT2D eigenvalue weighted by Gasteiger charge is -1.81. The summed E-state index contributed by atoms with van der Waals surface area (Å²) in [6.45, 7) is 3.60. The molecule has 0 aliphatic carbocycles. The van der Waals surface area contributed by atoms with Gasteiger partial charge in [-0.25, -0.2) is 4.98 Å². The maximum absolute atomic E-state index is 4.67. The first-order valence-corrected chi connectivity index (χ1v) is 3.44. The number of H-pyrrole nitrogens is 1. The number of imidazole rings is 1. The highest BCUT2D eigenvalue weighted by atomic mass is 32.1. The zero-order chi connectivity index (χ0) is 7.40. The largest absolute Gasteiger partial charge is 0.344 e. The van der Waals surface area contributed by atoms with E-state index in [-0.39, 0.29) is 0 Å². The van der Waals surface area contributed by atoms with Gasteiger partial charge in [-0.2, -0.15) is 0 Å². The van der Waals surface area contributed by atoms with E-state index in [4.69, 9.17) is 0 Å². The second-order valence-electron chi connectivity index (χ2n) is 1.89. The molecule has 0 unspecified atom stereocenters. The summed E-state index contributed by atoms with van der Waals surface area (Å²) >= 11 is 4.67. The fourth-order valence-corrected chi connectivity index (χ4v) is 0.810. The summed E-state index contributed by atoms with van der Waals surface area (Å²) in [6, 6.07) is 0. The molecule has 1 rings (SSSR count). The molecular formula is C7H8N2S. The van der Waals surface area contributed by atoms with Crippen LogP contribution in [0.1, 0.15) is 11.5 Å². The predicted octanol–water partition coefficient (Wildman–Crippen LogP) is 1.49. The number of rotatable bonds is 3. The Morgan fingerprint density at radius 2 is 2.60 bits per heavy atom. The van der Waals surface area contributed by atoms with Crippen LogP contribution in [0, 0.1) is 0 Å². The van der Waals surface area contributed by atoms with E-state index in [1.165, 1.54) is 5.37 Å². The molecule has 0 aliphatic rings. The molecule has 1 heterocycles. The standard InChI is InChI=1S/C7H8N2S/c1-2-3-6-4-8-7(5-10)9-6/h2,4-5H,1,3H2,(H,8,9). The van der Waals surface area contributed by atoms with Crippen LogP contribution in [0.25, 0.3) is 0 Å². The van der Waals surface area contributed by atoms with Crippen LogP contribution in [0.5, 0.6) is 0 Å². The first-order valence-electron chi connectivity index (χ1n) is 2.97. The topological polar surface area (TPSA) is 28.7 Å². The second kappa shape index (κ2) is 3.27. The van der Waals surface area contributed by atoms with E-state index in [2.05, 4.69) is 28.8 Å². The molecule has 52 valence electrons. The molecule has 10 heavy (non-hydrogen) atoms. The summed E-state index contributed by atoms with van der Waals surface area (Å²) in [5, 5.41) is 1.52. The van der Waals surface area contributed by atoms with E-state index in [1.54, 1.807) is 0 Å². The predicted molar refractivity (Wildman–Crippen MR) is 45.2 cm³/mol. The summed E-state index contributed by atoms with van der Waals surface area (Å²) in [7, 11) is 0. The zero-order valence-corrected chi connectivity index (χ0v) is 6.32. The Morgan fingerprint density at radius 3 is 3.10 bits per heavy atom. The molecule has 0 saturated heterocycles. The zero-order valence-electron chi connectivity index (χ0n) is 5.50. The average Bonchev–Trinajstić information content (AvgIpc) is 2.37. The van der Waals surface area contributed by atoms with Gasteiger partial charge in [0, 0.05) is 18.0 Å². The molecule has 3 heteroatoms. The Kier molecular flexibility index (Phi) is 2.34. The molecule has 0 aromatic carbocycles. The van der Waals surface area contributed by atoms with Crippen LogP contribution < -0.4 is 0 Å². The highest BCUT2D eigenvalue weighted by Crippen LogP contribution is 1.95. The normalized spacial score (nSPS) is 9.20. The van der Waals surface area contributed by atoms with Crippen LogP contribution in [0.2, 0.25) is 0 Å². The Bertz CT molecular complexity index is 240. The Labute approximate surface area is 65.0 Å². The summed E-state index contributed by atoms with van der Waals surface area (Å²) in [5.74, 6) is 0.742. The van der Waals surface area contributed by atoms with E-state index in [9.17, 15) is 0 Å². The molecule has 0 spiro atoms. The minimum absolute atomic E-state index is 0.742. The fourth-order valence-electron chi connectivity index (χ4n) is 0.689. The smallest absolute Gasteiger partial charge is 0.141 e. The third-order valence-electron chi connectivity index (χ3n) is 1.12. The van der Waals surface area contributed by atoms with Gasteiger partial charge in [-0.3, -0.25) is 0 Å². The maximum Gasteiger partial charge on any atom is 0.141 e. The molecule has 1 aromatic rings. The lowest BCUT2D eigenvalue weighted by molar-refractivity contribution is 1.15. The number of thiocarbonyl (C=S) groups is 1. The fraction of sp³-hybridized carbons (Fsp3) is 0.143.